The SMILES string of the molecule is COc1ccc(-n2nc(C)c(-c3ccccc3)c2NC(=O)CN(C(=O)Nc2ccc(C(F)(F)F)cc2)C(C)C)cc1. The molecule has 0 spiro atoms. The van der Waals surface area contributed by atoms with Crippen molar-refractivity contribution in [2.75, 3.05) is 24.3 Å². The molecule has 3 amide bonds. The van der Waals surface area contributed by atoms with Crippen molar-refractivity contribution < 1.29 is 27.5 Å². The Morgan fingerprint density at radius 1 is 0.951 bits per heavy atom. The van der Waals surface area contributed by atoms with Gasteiger partial charge in [-0.2, -0.15) is 18.3 Å². The van der Waals surface area contributed by atoms with Crippen molar-refractivity contribution in [3.05, 3.63) is 90.1 Å². The molecule has 41 heavy (non-hydrogen) atoms. The van der Waals surface area contributed by atoms with Crippen molar-refractivity contribution in [3.63, 3.8) is 0 Å². The summed E-state index contributed by atoms with van der Waals surface area (Å²) in [6, 6.07) is 19.8. The summed E-state index contributed by atoms with van der Waals surface area (Å²) in [5.41, 5.74) is 2.29. The number of hydrogen-bond donors (Lipinski definition) is 2. The van der Waals surface area contributed by atoms with Gasteiger partial charge in [0.25, 0.3) is 0 Å². The number of methoxy groups -OCH3 is 1. The van der Waals surface area contributed by atoms with E-state index in [4.69, 9.17) is 4.74 Å². The summed E-state index contributed by atoms with van der Waals surface area (Å²) in [7, 11) is 1.57. The third kappa shape index (κ3) is 6.86. The van der Waals surface area contributed by atoms with E-state index in [9.17, 15) is 22.8 Å². The van der Waals surface area contributed by atoms with E-state index in [1.54, 1.807) is 37.8 Å². The highest BCUT2D eigenvalue weighted by Gasteiger charge is 2.30. The maximum Gasteiger partial charge on any atom is 0.416 e. The molecule has 8 nitrogen and oxygen atoms in total. The number of urea groups is 1. The Bertz CT molecular complexity index is 1500. The molecular weight excluding hydrogens is 535 g/mol. The molecule has 4 rings (SSSR count). The molecule has 0 atom stereocenters. The van der Waals surface area contributed by atoms with E-state index in [0.29, 0.717) is 22.9 Å². The predicted octanol–water partition coefficient (Wildman–Crippen LogP) is 6.76. The standard InChI is InChI=1S/C30H30F3N5O3/c1-19(2)37(29(40)34-23-12-10-22(11-13-23)30(31,32)33)18-26(39)35-28-27(21-8-6-5-7-9-21)20(3)36-38(28)24-14-16-25(41-4)17-15-24/h5-17,19H,18H2,1-4H3,(H,34,40)(H,35,39). The Hall–Kier alpha value is -4.80. The molecule has 3 aromatic carbocycles. The van der Waals surface area contributed by atoms with Crippen LogP contribution in [0.3, 0.4) is 0 Å². The fourth-order valence-corrected chi connectivity index (χ4v) is 4.26. The number of anilines is 2. The van der Waals surface area contributed by atoms with Gasteiger partial charge in [0, 0.05) is 17.3 Å². The number of aromatic nitrogens is 2. The number of amides is 3. The van der Waals surface area contributed by atoms with Crippen LogP contribution < -0.4 is 15.4 Å². The van der Waals surface area contributed by atoms with Crippen LogP contribution in [0.25, 0.3) is 16.8 Å². The van der Waals surface area contributed by atoms with Crippen molar-refractivity contribution in [2.24, 2.45) is 0 Å². The van der Waals surface area contributed by atoms with Crippen molar-refractivity contribution in [2.45, 2.75) is 33.0 Å². The molecule has 4 aromatic rings. The average Bonchev–Trinajstić information content (AvgIpc) is 3.26. The summed E-state index contributed by atoms with van der Waals surface area (Å²) < 4.78 is 45.6. The molecule has 0 unspecified atom stereocenters. The lowest BCUT2D eigenvalue weighted by Crippen LogP contribution is -2.44. The van der Waals surface area contributed by atoms with Crippen molar-refractivity contribution in [1.82, 2.24) is 14.7 Å². The lowest BCUT2D eigenvalue weighted by atomic mass is 10.1. The lowest BCUT2D eigenvalue weighted by Gasteiger charge is -2.26. The summed E-state index contributed by atoms with van der Waals surface area (Å²) >= 11 is 0. The summed E-state index contributed by atoms with van der Waals surface area (Å²) in [5.74, 6) is 0.613. The highest BCUT2D eigenvalue weighted by molar-refractivity contribution is 5.99. The van der Waals surface area contributed by atoms with E-state index in [1.807, 2.05) is 49.4 Å². The molecule has 0 aliphatic carbocycles. The number of hydrogen-bond acceptors (Lipinski definition) is 4. The van der Waals surface area contributed by atoms with Gasteiger partial charge in [0.05, 0.1) is 24.1 Å². The first-order valence-electron chi connectivity index (χ1n) is 12.8. The van der Waals surface area contributed by atoms with Crippen LogP contribution in [0.2, 0.25) is 0 Å². The quantitative estimate of drug-likeness (QED) is 0.247. The van der Waals surface area contributed by atoms with E-state index >= 15 is 0 Å². The molecule has 0 saturated heterocycles. The van der Waals surface area contributed by atoms with Gasteiger partial charge < -0.3 is 20.3 Å². The first-order valence-corrected chi connectivity index (χ1v) is 12.8. The van der Waals surface area contributed by atoms with Crippen molar-refractivity contribution in [3.8, 4) is 22.6 Å². The Morgan fingerprint density at radius 2 is 1.59 bits per heavy atom. The highest BCUT2D eigenvalue weighted by atomic mass is 19.4. The van der Waals surface area contributed by atoms with Gasteiger partial charge in [-0.3, -0.25) is 4.79 Å². The summed E-state index contributed by atoms with van der Waals surface area (Å²) in [5, 5.41) is 10.2. The van der Waals surface area contributed by atoms with Gasteiger partial charge in [0.15, 0.2) is 0 Å². The fraction of sp³-hybridized carbons (Fsp3) is 0.233. The molecule has 1 aromatic heterocycles. The van der Waals surface area contributed by atoms with Gasteiger partial charge >= 0.3 is 12.2 Å². The minimum Gasteiger partial charge on any atom is -0.497 e. The maximum absolute atomic E-state index is 13.4. The van der Waals surface area contributed by atoms with E-state index in [2.05, 4.69) is 15.7 Å². The number of carbonyl (C=O) groups is 2. The number of benzene rings is 3. The van der Waals surface area contributed by atoms with Crippen LogP contribution >= 0.6 is 0 Å². The molecule has 0 radical (unpaired) electrons. The second-order valence-electron chi connectivity index (χ2n) is 9.56. The van der Waals surface area contributed by atoms with Crippen LogP contribution in [-0.2, 0) is 11.0 Å². The molecule has 0 aliphatic heterocycles. The number of ether oxygens (including phenoxy) is 1. The second-order valence-corrected chi connectivity index (χ2v) is 9.56. The minimum atomic E-state index is -4.49. The molecule has 2 N–H and O–H groups in total. The molecule has 11 heteroatoms. The van der Waals surface area contributed by atoms with Gasteiger partial charge in [-0.25, -0.2) is 9.48 Å². The molecule has 1 heterocycles. The van der Waals surface area contributed by atoms with Crippen molar-refractivity contribution >= 4 is 23.4 Å². The van der Waals surface area contributed by atoms with Crippen LogP contribution in [-0.4, -0.2) is 46.3 Å². The Labute approximate surface area is 235 Å². The zero-order chi connectivity index (χ0) is 29.7. The number of aryl methyl sites for hydroxylation is 1. The zero-order valence-electron chi connectivity index (χ0n) is 23.0. The first kappa shape index (κ1) is 29.2. The first-order chi connectivity index (χ1) is 19.5. The topological polar surface area (TPSA) is 88.5 Å². The van der Waals surface area contributed by atoms with E-state index in [-0.39, 0.29) is 12.2 Å². The van der Waals surface area contributed by atoms with Gasteiger partial charge in [-0.05, 0) is 74.9 Å². The minimum absolute atomic E-state index is 0.175. The van der Waals surface area contributed by atoms with Gasteiger partial charge in [0.1, 0.15) is 18.1 Å². The summed E-state index contributed by atoms with van der Waals surface area (Å²) in [4.78, 5) is 27.7. The average molecular weight is 566 g/mol. The van der Waals surface area contributed by atoms with Crippen LogP contribution in [0.5, 0.6) is 5.75 Å². The molecule has 0 saturated carbocycles. The third-order valence-corrected chi connectivity index (χ3v) is 6.36. The number of nitrogens with zero attached hydrogens (tertiary/aromatic N) is 3. The molecular formula is C30H30F3N5O3. The van der Waals surface area contributed by atoms with Crippen LogP contribution in [0.15, 0.2) is 78.9 Å². The van der Waals surface area contributed by atoms with Crippen LogP contribution in [0.4, 0.5) is 29.5 Å². The monoisotopic (exact) mass is 565 g/mol. The predicted molar refractivity (Wildman–Crippen MR) is 151 cm³/mol. The second kappa shape index (κ2) is 12.2. The van der Waals surface area contributed by atoms with E-state index in [0.717, 1.165) is 23.3 Å². The van der Waals surface area contributed by atoms with E-state index in [1.165, 1.54) is 17.0 Å². The Balaban J connectivity index is 1.59. The summed E-state index contributed by atoms with van der Waals surface area (Å²) in [6.45, 7) is 5.00. The molecule has 214 valence electrons. The van der Waals surface area contributed by atoms with Gasteiger partial charge in [-0.1, -0.05) is 30.3 Å². The maximum atomic E-state index is 13.4. The zero-order valence-corrected chi connectivity index (χ0v) is 23.0. The normalized spacial score (nSPS) is 11.3. The van der Waals surface area contributed by atoms with Crippen LogP contribution in [0, 0.1) is 6.92 Å². The number of nitrogens with one attached hydrogen (secondary N) is 2. The van der Waals surface area contributed by atoms with Crippen LogP contribution in [0.1, 0.15) is 25.1 Å². The number of rotatable bonds is 8. The number of alkyl halides is 3. The lowest BCUT2D eigenvalue weighted by molar-refractivity contribution is -0.137. The Morgan fingerprint density at radius 3 is 2.15 bits per heavy atom. The highest BCUT2D eigenvalue weighted by Crippen LogP contribution is 2.34. The van der Waals surface area contributed by atoms with Gasteiger partial charge in [-0.15, -0.1) is 0 Å². The van der Waals surface area contributed by atoms with Crippen molar-refractivity contribution in [1.29, 1.82) is 0 Å². The van der Waals surface area contributed by atoms with Gasteiger partial charge in [0.2, 0.25) is 5.91 Å². The third-order valence-electron chi connectivity index (χ3n) is 6.36. The smallest absolute Gasteiger partial charge is 0.416 e. The molecule has 0 fully saturated rings. The number of halogens is 3. The van der Waals surface area contributed by atoms with E-state index < -0.39 is 29.7 Å². The number of carbonyl (C=O) groups excluding carboxylic acids is 2. The molecule has 0 bridgehead atoms. The fourth-order valence-electron chi connectivity index (χ4n) is 4.26. The Kier molecular flexibility index (Phi) is 8.65. The summed E-state index contributed by atoms with van der Waals surface area (Å²) in [6.07, 6.45) is -4.49. The molecule has 0 aliphatic rings. The largest absolute Gasteiger partial charge is 0.497 e.